The molecule has 1 amide bonds. The van der Waals surface area contributed by atoms with Crippen LogP contribution < -0.4 is 14.2 Å². The Balaban J connectivity index is 1.53. The SMILES string of the molecule is CCOC(Cc1ccc(OCCN(CCCCOc2ccc(F)cc2)C(=O)Oc2ccc(Cl)cc2Cl)cc1)C(=O)O. The van der Waals surface area contributed by atoms with Crippen LogP contribution in [0.1, 0.15) is 25.3 Å². The number of rotatable bonds is 16. The van der Waals surface area contributed by atoms with E-state index < -0.39 is 18.2 Å². The maximum absolute atomic E-state index is 13.1. The highest BCUT2D eigenvalue weighted by Crippen LogP contribution is 2.28. The van der Waals surface area contributed by atoms with E-state index in [9.17, 15) is 19.1 Å². The fourth-order valence-electron chi connectivity index (χ4n) is 3.76. The van der Waals surface area contributed by atoms with E-state index in [4.69, 9.17) is 42.1 Å². The van der Waals surface area contributed by atoms with Crippen molar-refractivity contribution in [3.05, 3.63) is 88.2 Å². The average molecular weight is 608 g/mol. The Bertz CT molecular complexity index is 1260. The standard InChI is InChI=1S/C30H32Cl2FNO7/c1-2-38-28(29(35)36)19-21-5-10-24(11-6-21)40-18-16-34(30(37)41-27-14-7-22(31)20-26(27)32)15-3-4-17-39-25-12-8-23(33)9-13-25/h5-14,20,28H,2-4,15-19H2,1H3,(H,35,36). The summed E-state index contributed by atoms with van der Waals surface area (Å²) in [6.45, 7) is 3.24. The van der Waals surface area contributed by atoms with Crippen molar-refractivity contribution in [2.24, 2.45) is 0 Å². The number of carboxylic acids is 1. The van der Waals surface area contributed by atoms with E-state index in [1.807, 2.05) is 0 Å². The quantitative estimate of drug-likeness (QED) is 0.177. The molecule has 0 fully saturated rings. The van der Waals surface area contributed by atoms with Gasteiger partial charge >= 0.3 is 12.1 Å². The molecular weight excluding hydrogens is 576 g/mol. The van der Waals surface area contributed by atoms with Crippen molar-refractivity contribution in [3.63, 3.8) is 0 Å². The van der Waals surface area contributed by atoms with E-state index in [-0.39, 0.29) is 36.2 Å². The monoisotopic (exact) mass is 607 g/mol. The minimum atomic E-state index is -1.01. The molecule has 1 atom stereocenters. The van der Waals surface area contributed by atoms with Gasteiger partial charge in [0.1, 0.15) is 23.9 Å². The molecule has 0 saturated heterocycles. The van der Waals surface area contributed by atoms with Crippen LogP contribution in [0.15, 0.2) is 66.7 Å². The van der Waals surface area contributed by atoms with Gasteiger partial charge in [0, 0.05) is 24.6 Å². The molecule has 3 rings (SSSR count). The number of unbranched alkanes of at least 4 members (excludes halogenated alkanes) is 1. The molecule has 1 unspecified atom stereocenters. The maximum Gasteiger partial charge on any atom is 0.415 e. The van der Waals surface area contributed by atoms with Crippen LogP contribution >= 0.6 is 23.2 Å². The normalized spacial score (nSPS) is 11.5. The van der Waals surface area contributed by atoms with Gasteiger partial charge in [-0.05, 0) is 79.9 Å². The topological polar surface area (TPSA) is 94.5 Å². The summed E-state index contributed by atoms with van der Waals surface area (Å²) in [7, 11) is 0. The van der Waals surface area contributed by atoms with E-state index >= 15 is 0 Å². The summed E-state index contributed by atoms with van der Waals surface area (Å²) in [5.41, 5.74) is 0.797. The van der Waals surface area contributed by atoms with Crippen LogP contribution in [0.25, 0.3) is 0 Å². The summed E-state index contributed by atoms with van der Waals surface area (Å²) < 4.78 is 35.3. The highest BCUT2D eigenvalue weighted by Gasteiger charge is 2.19. The van der Waals surface area contributed by atoms with E-state index in [0.717, 1.165) is 5.56 Å². The maximum atomic E-state index is 13.1. The summed E-state index contributed by atoms with van der Waals surface area (Å²) in [6.07, 6.45) is -0.0140. The molecule has 0 saturated carbocycles. The molecule has 0 radical (unpaired) electrons. The number of halogens is 3. The minimum Gasteiger partial charge on any atom is -0.494 e. The van der Waals surface area contributed by atoms with Gasteiger partial charge in [-0.3, -0.25) is 0 Å². The van der Waals surface area contributed by atoms with Gasteiger partial charge in [-0.1, -0.05) is 35.3 Å². The summed E-state index contributed by atoms with van der Waals surface area (Å²) >= 11 is 12.1. The lowest BCUT2D eigenvalue weighted by molar-refractivity contribution is -0.149. The molecule has 0 aromatic heterocycles. The van der Waals surface area contributed by atoms with E-state index in [0.29, 0.717) is 49.1 Å². The van der Waals surface area contributed by atoms with Crippen LogP contribution in [0, 0.1) is 5.82 Å². The highest BCUT2D eigenvalue weighted by molar-refractivity contribution is 6.35. The van der Waals surface area contributed by atoms with E-state index in [1.54, 1.807) is 49.4 Å². The van der Waals surface area contributed by atoms with Crippen LogP contribution in [0.2, 0.25) is 10.0 Å². The molecule has 0 bridgehead atoms. The highest BCUT2D eigenvalue weighted by atomic mass is 35.5. The van der Waals surface area contributed by atoms with Crippen LogP contribution in [-0.4, -0.2) is 61.1 Å². The molecule has 11 heteroatoms. The molecular formula is C30H32Cl2FNO7. The third-order valence-electron chi connectivity index (χ3n) is 5.87. The zero-order valence-corrected chi connectivity index (χ0v) is 24.1. The van der Waals surface area contributed by atoms with Crippen molar-refractivity contribution >= 4 is 35.3 Å². The van der Waals surface area contributed by atoms with Crippen molar-refractivity contribution in [2.75, 3.05) is 32.9 Å². The van der Waals surface area contributed by atoms with Crippen LogP contribution in [0.4, 0.5) is 9.18 Å². The number of amides is 1. The van der Waals surface area contributed by atoms with Gasteiger partial charge in [-0.25, -0.2) is 14.0 Å². The number of carbonyl (C=O) groups excluding carboxylic acids is 1. The van der Waals surface area contributed by atoms with E-state index in [1.165, 1.54) is 29.2 Å². The zero-order valence-electron chi connectivity index (χ0n) is 22.6. The summed E-state index contributed by atoms with van der Waals surface area (Å²) in [5.74, 6) is -0.0246. The van der Waals surface area contributed by atoms with Crippen molar-refractivity contribution in [2.45, 2.75) is 32.3 Å². The van der Waals surface area contributed by atoms with Gasteiger partial charge in [0.05, 0.1) is 18.2 Å². The molecule has 0 spiro atoms. The fourth-order valence-corrected chi connectivity index (χ4v) is 4.21. The van der Waals surface area contributed by atoms with Gasteiger partial charge in [0.15, 0.2) is 11.9 Å². The molecule has 3 aromatic rings. The number of carboxylic acid groups (broad SMARTS) is 1. The average Bonchev–Trinajstić information content (AvgIpc) is 2.95. The molecule has 0 aliphatic heterocycles. The number of hydrogen-bond acceptors (Lipinski definition) is 6. The number of hydrogen-bond donors (Lipinski definition) is 1. The Labute approximate surface area is 248 Å². The van der Waals surface area contributed by atoms with Gasteiger partial charge in [-0.15, -0.1) is 0 Å². The Hall–Kier alpha value is -3.53. The number of ether oxygens (including phenoxy) is 4. The number of carbonyl (C=O) groups is 2. The summed E-state index contributed by atoms with van der Waals surface area (Å²) in [6, 6.07) is 17.4. The van der Waals surface area contributed by atoms with Gasteiger partial charge in [-0.2, -0.15) is 0 Å². The molecule has 0 heterocycles. The second kappa shape index (κ2) is 16.7. The van der Waals surface area contributed by atoms with E-state index in [2.05, 4.69) is 0 Å². The second-order valence-electron chi connectivity index (χ2n) is 8.92. The zero-order chi connectivity index (χ0) is 29.6. The Morgan fingerprint density at radius 1 is 0.902 bits per heavy atom. The molecule has 3 aromatic carbocycles. The Kier molecular flexibility index (Phi) is 13.0. The van der Waals surface area contributed by atoms with Crippen molar-refractivity contribution in [1.82, 2.24) is 4.90 Å². The first-order chi connectivity index (χ1) is 19.7. The largest absolute Gasteiger partial charge is 0.494 e. The first-order valence-electron chi connectivity index (χ1n) is 13.1. The third kappa shape index (κ3) is 11.1. The number of benzene rings is 3. The van der Waals surface area contributed by atoms with Gasteiger partial charge in [0.2, 0.25) is 0 Å². The van der Waals surface area contributed by atoms with Crippen LogP contribution in [-0.2, 0) is 16.0 Å². The van der Waals surface area contributed by atoms with Gasteiger partial charge < -0.3 is 29.0 Å². The molecule has 220 valence electrons. The van der Waals surface area contributed by atoms with Crippen molar-refractivity contribution in [1.29, 1.82) is 0 Å². The summed E-state index contributed by atoms with van der Waals surface area (Å²) in [5, 5.41) is 9.91. The first kappa shape index (κ1) is 32.0. The van der Waals surface area contributed by atoms with Crippen molar-refractivity contribution in [3.8, 4) is 17.2 Å². The fraction of sp³-hybridized carbons (Fsp3) is 0.333. The third-order valence-corrected chi connectivity index (χ3v) is 6.40. The van der Waals surface area contributed by atoms with Crippen LogP contribution in [0.3, 0.4) is 0 Å². The lowest BCUT2D eigenvalue weighted by Crippen LogP contribution is -2.37. The lowest BCUT2D eigenvalue weighted by atomic mass is 10.1. The predicted octanol–water partition coefficient (Wildman–Crippen LogP) is 6.90. The lowest BCUT2D eigenvalue weighted by Gasteiger charge is -2.22. The molecule has 8 nitrogen and oxygen atoms in total. The molecule has 0 aliphatic carbocycles. The summed E-state index contributed by atoms with van der Waals surface area (Å²) in [4.78, 5) is 25.8. The first-order valence-corrected chi connectivity index (χ1v) is 13.9. The molecule has 1 N–H and O–H groups in total. The predicted molar refractivity (Wildman–Crippen MR) is 154 cm³/mol. The van der Waals surface area contributed by atoms with Crippen LogP contribution in [0.5, 0.6) is 17.2 Å². The number of aliphatic carboxylic acids is 1. The second-order valence-corrected chi connectivity index (χ2v) is 9.76. The molecule has 0 aliphatic rings. The Morgan fingerprint density at radius 3 is 2.20 bits per heavy atom. The smallest absolute Gasteiger partial charge is 0.415 e. The van der Waals surface area contributed by atoms with Crippen molar-refractivity contribution < 1.29 is 38.0 Å². The number of nitrogens with zero attached hydrogens (tertiary/aromatic N) is 1. The molecule has 41 heavy (non-hydrogen) atoms. The minimum absolute atomic E-state index is 0.186. The Morgan fingerprint density at radius 2 is 1.56 bits per heavy atom. The van der Waals surface area contributed by atoms with Gasteiger partial charge in [0.25, 0.3) is 0 Å².